The maximum absolute atomic E-state index is 12.1. The van der Waals surface area contributed by atoms with Crippen LogP contribution in [0.3, 0.4) is 0 Å². The van der Waals surface area contributed by atoms with Crippen LogP contribution in [0.25, 0.3) is 0 Å². The smallest absolute Gasteiger partial charge is 0.508 e. The minimum Gasteiger partial charge on any atom is -0.508 e. The molecule has 0 spiro atoms. The minimum absolute atomic E-state index is 0.239. The molecule has 1 aliphatic rings. The largest absolute Gasteiger partial charge is 0.573 e. The second-order valence-electron chi connectivity index (χ2n) is 5.82. The Morgan fingerprint density at radius 2 is 1.54 bits per heavy atom. The van der Waals surface area contributed by atoms with Crippen LogP contribution in [0.15, 0.2) is 53.6 Å². The number of phenols is 1. The molecule has 2 aromatic carbocycles. The molecule has 1 heterocycles. The second-order valence-corrected chi connectivity index (χ2v) is 5.82. The fourth-order valence-electron chi connectivity index (χ4n) is 2.64. The molecule has 0 aliphatic carbocycles. The molecule has 5 nitrogen and oxygen atoms in total. The first-order valence-corrected chi connectivity index (χ1v) is 8.08. The lowest BCUT2D eigenvalue weighted by atomic mass is 10.2. The number of anilines is 1. The average molecular weight is 365 g/mol. The highest BCUT2D eigenvalue weighted by Crippen LogP contribution is 2.23. The zero-order chi connectivity index (χ0) is 18.6. The van der Waals surface area contributed by atoms with Gasteiger partial charge >= 0.3 is 6.36 Å². The Balaban J connectivity index is 1.51. The van der Waals surface area contributed by atoms with Crippen LogP contribution < -0.4 is 9.64 Å². The third-order valence-electron chi connectivity index (χ3n) is 3.95. The lowest BCUT2D eigenvalue weighted by Crippen LogP contribution is -2.44. The van der Waals surface area contributed by atoms with Gasteiger partial charge in [0.2, 0.25) is 0 Å². The van der Waals surface area contributed by atoms with Crippen molar-refractivity contribution in [2.45, 2.75) is 6.36 Å². The number of rotatable bonds is 4. The summed E-state index contributed by atoms with van der Waals surface area (Å²) in [6, 6.07) is 12.6. The van der Waals surface area contributed by atoms with Crippen LogP contribution >= 0.6 is 0 Å². The molecule has 0 unspecified atom stereocenters. The molecule has 26 heavy (non-hydrogen) atoms. The first-order chi connectivity index (χ1) is 12.4. The maximum atomic E-state index is 12.1. The van der Waals surface area contributed by atoms with Crippen molar-refractivity contribution in [2.24, 2.45) is 5.10 Å². The van der Waals surface area contributed by atoms with E-state index in [9.17, 15) is 18.3 Å². The van der Waals surface area contributed by atoms with Gasteiger partial charge in [0.1, 0.15) is 11.5 Å². The summed E-state index contributed by atoms with van der Waals surface area (Å²) in [5.74, 6) is -0.0131. The molecule has 0 radical (unpaired) electrons. The van der Waals surface area contributed by atoms with Gasteiger partial charge in [0.05, 0.1) is 19.3 Å². The lowest BCUT2D eigenvalue weighted by molar-refractivity contribution is -0.274. The van der Waals surface area contributed by atoms with Crippen LogP contribution in [0, 0.1) is 0 Å². The molecular formula is C18H18F3N3O2. The Kier molecular flexibility index (Phi) is 5.20. The standard InChI is InChI=1S/C18H18F3N3O2/c19-18(20,21)26-17-7-1-14(2-8-17)13-22-24-11-9-23(10-12-24)15-3-5-16(25)6-4-15/h1-8,13,25H,9-12H2. The Labute approximate surface area is 148 Å². The highest BCUT2D eigenvalue weighted by atomic mass is 19.4. The summed E-state index contributed by atoms with van der Waals surface area (Å²) >= 11 is 0. The van der Waals surface area contributed by atoms with Gasteiger partial charge in [-0.05, 0) is 54.1 Å². The summed E-state index contributed by atoms with van der Waals surface area (Å²) in [7, 11) is 0. The van der Waals surface area contributed by atoms with Gasteiger partial charge in [0.25, 0.3) is 0 Å². The number of hydrazone groups is 1. The number of hydrogen-bond donors (Lipinski definition) is 1. The van der Waals surface area contributed by atoms with Gasteiger partial charge in [-0.15, -0.1) is 13.2 Å². The van der Waals surface area contributed by atoms with E-state index in [0.29, 0.717) is 5.56 Å². The third kappa shape index (κ3) is 5.05. The highest BCUT2D eigenvalue weighted by molar-refractivity contribution is 5.79. The van der Waals surface area contributed by atoms with E-state index in [1.54, 1.807) is 18.3 Å². The second kappa shape index (κ2) is 7.55. The summed E-state index contributed by atoms with van der Waals surface area (Å²) in [6.07, 6.45) is -3.07. The van der Waals surface area contributed by atoms with Crippen LogP contribution in [-0.4, -0.2) is 48.9 Å². The Hall–Kier alpha value is -2.90. The summed E-state index contributed by atoms with van der Waals surface area (Å²) in [5, 5.41) is 15.6. The van der Waals surface area contributed by atoms with Crippen molar-refractivity contribution in [3.05, 3.63) is 54.1 Å². The van der Waals surface area contributed by atoms with Gasteiger partial charge in [0.15, 0.2) is 0 Å². The van der Waals surface area contributed by atoms with E-state index < -0.39 is 6.36 Å². The molecule has 1 saturated heterocycles. The van der Waals surface area contributed by atoms with Gasteiger partial charge in [-0.3, -0.25) is 5.01 Å². The molecule has 3 rings (SSSR count). The van der Waals surface area contributed by atoms with E-state index in [4.69, 9.17) is 0 Å². The van der Waals surface area contributed by atoms with Crippen molar-refractivity contribution in [3.63, 3.8) is 0 Å². The zero-order valence-corrected chi connectivity index (χ0v) is 13.9. The van der Waals surface area contributed by atoms with Crippen molar-refractivity contribution in [3.8, 4) is 11.5 Å². The molecule has 0 saturated carbocycles. The quantitative estimate of drug-likeness (QED) is 0.844. The summed E-state index contributed by atoms with van der Waals surface area (Å²) in [6.45, 7) is 3.04. The Bertz CT molecular complexity index is 738. The molecule has 8 heteroatoms. The molecule has 0 aromatic heterocycles. The minimum atomic E-state index is -4.69. The lowest BCUT2D eigenvalue weighted by Gasteiger charge is -2.34. The Morgan fingerprint density at radius 1 is 0.923 bits per heavy atom. The van der Waals surface area contributed by atoms with Crippen molar-refractivity contribution in [1.29, 1.82) is 0 Å². The van der Waals surface area contributed by atoms with Crippen LogP contribution in [0.1, 0.15) is 5.56 Å². The molecule has 0 atom stereocenters. The van der Waals surface area contributed by atoms with Crippen molar-refractivity contribution in [2.75, 3.05) is 31.1 Å². The van der Waals surface area contributed by atoms with Gasteiger partial charge in [-0.1, -0.05) is 0 Å². The first-order valence-electron chi connectivity index (χ1n) is 8.08. The Morgan fingerprint density at radius 3 is 2.12 bits per heavy atom. The van der Waals surface area contributed by atoms with Gasteiger partial charge in [-0.2, -0.15) is 5.10 Å². The highest BCUT2D eigenvalue weighted by Gasteiger charge is 2.30. The molecule has 1 aliphatic heterocycles. The van der Waals surface area contributed by atoms with Crippen molar-refractivity contribution < 1.29 is 23.0 Å². The summed E-state index contributed by atoms with van der Waals surface area (Å²) in [4.78, 5) is 2.20. The number of ether oxygens (including phenoxy) is 1. The van der Waals surface area contributed by atoms with E-state index in [1.165, 1.54) is 24.3 Å². The number of piperazine rings is 1. The number of aromatic hydroxyl groups is 1. The van der Waals surface area contributed by atoms with Crippen molar-refractivity contribution in [1.82, 2.24) is 5.01 Å². The number of halogens is 3. The van der Waals surface area contributed by atoms with Crippen LogP contribution in [0.5, 0.6) is 11.5 Å². The molecular weight excluding hydrogens is 347 g/mol. The fourth-order valence-corrected chi connectivity index (χ4v) is 2.64. The third-order valence-corrected chi connectivity index (χ3v) is 3.95. The molecule has 1 fully saturated rings. The summed E-state index contributed by atoms with van der Waals surface area (Å²) in [5.41, 5.74) is 1.74. The molecule has 2 aromatic rings. The predicted molar refractivity (Wildman–Crippen MR) is 92.6 cm³/mol. The average Bonchev–Trinajstić information content (AvgIpc) is 2.61. The van der Waals surface area contributed by atoms with E-state index in [1.807, 2.05) is 17.1 Å². The predicted octanol–water partition coefficient (Wildman–Crippen LogP) is 3.45. The van der Waals surface area contributed by atoms with E-state index in [0.717, 1.165) is 31.9 Å². The number of hydrogen-bond acceptors (Lipinski definition) is 5. The normalized spacial score (nSPS) is 15.5. The van der Waals surface area contributed by atoms with Crippen LogP contribution in [0.2, 0.25) is 0 Å². The number of alkyl halides is 3. The van der Waals surface area contributed by atoms with Crippen LogP contribution in [-0.2, 0) is 0 Å². The SMILES string of the molecule is Oc1ccc(N2CCN(N=Cc3ccc(OC(F)(F)F)cc3)CC2)cc1. The molecule has 0 amide bonds. The van der Waals surface area contributed by atoms with Gasteiger partial charge in [0, 0.05) is 18.8 Å². The van der Waals surface area contributed by atoms with E-state index in [2.05, 4.69) is 14.7 Å². The van der Waals surface area contributed by atoms with E-state index >= 15 is 0 Å². The fraction of sp³-hybridized carbons (Fsp3) is 0.278. The zero-order valence-electron chi connectivity index (χ0n) is 13.9. The monoisotopic (exact) mass is 365 g/mol. The van der Waals surface area contributed by atoms with E-state index in [-0.39, 0.29) is 11.5 Å². The van der Waals surface area contributed by atoms with Gasteiger partial charge in [-0.25, -0.2) is 0 Å². The number of benzene rings is 2. The van der Waals surface area contributed by atoms with Crippen LogP contribution in [0.4, 0.5) is 18.9 Å². The van der Waals surface area contributed by atoms with Gasteiger partial charge < -0.3 is 14.7 Å². The first kappa shape index (κ1) is 17.9. The topological polar surface area (TPSA) is 48.3 Å². The molecule has 0 bridgehead atoms. The molecule has 138 valence electrons. The summed E-state index contributed by atoms with van der Waals surface area (Å²) < 4.78 is 40.2. The number of nitrogens with zero attached hydrogens (tertiary/aromatic N) is 3. The van der Waals surface area contributed by atoms with Crippen molar-refractivity contribution >= 4 is 11.9 Å². The molecule has 1 N–H and O–H groups in total. The maximum Gasteiger partial charge on any atom is 0.573 e. The number of phenolic OH excluding ortho intramolecular Hbond substituents is 1.